The molecule has 0 spiro atoms. The molecular weight excluding hydrogens is 328 g/mol. The van der Waals surface area contributed by atoms with Crippen molar-refractivity contribution in [2.75, 3.05) is 0 Å². The second-order valence-corrected chi connectivity index (χ2v) is 10.0. The standard InChI is InChI=1S/C20H32O2.C2H4O2/c1-12-10-14(21)11-13-4-5-15-16-6-7-18(22)19(16,2)9-8-17(15)20(12,13)3;1-2(3)4/h12-13,15-18,22H,4-11H2,1-3H3;1H3,(H,3,4)/t12-,13-,15-,16-,17-,18-,19-,20-;/m0./s1. The Labute approximate surface area is 157 Å². The van der Waals surface area contributed by atoms with Crippen LogP contribution in [0.2, 0.25) is 0 Å². The van der Waals surface area contributed by atoms with E-state index < -0.39 is 5.97 Å². The Morgan fingerprint density at radius 2 is 1.69 bits per heavy atom. The van der Waals surface area contributed by atoms with Crippen molar-refractivity contribution >= 4 is 11.8 Å². The zero-order chi connectivity index (χ0) is 19.3. The largest absolute Gasteiger partial charge is 0.481 e. The van der Waals surface area contributed by atoms with Crippen molar-refractivity contribution in [3.05, 3.63) is 0 Å². The van der Waals surface area contributed by atoms with Crippen molar-refractivity contribution in [2.24, 2.45) is 40.4 Å². The first-order chi connectivity index (χ1) is 12.1. The summed E-state index contributed by atoms with van der Waals surface area (Å²) in [5, 5.41) is 17.9. The first-order valence-electron chi connectivity index (χ1n) is 10.5. The van der Waals surface area contributed by atoms with E-state index >= 15 is 0 Å². The van der Waals surface area contributed by atoms with Gasteiger partial charge in [0.15, 0.2) is 0 Å². The molecule has 0 bridgehead atoms. The summed E-state index contributed by atoms with van der Waals surface area (Å²) in [4.78, 5) is 21.1. The molecule has 8 atom stereocenters. The molecule has 0 amide bonds. The van der Waals surface area contributed by atoms with Crippen molar-refractivity contribution in [3.63, 3.8) is 0 Å². The van der Waals surface area contributed by atoms with Crippen LogP contribution in [0, 0.1) is 40.4 Å². The first kappa shape index (κ1) is 19.9. The molecule has 0 radical (unpaired) electrons. The molecule has 4 fully saturated rings. The normalized spacial score (nSPS) is 50.0. The van der Waals surface area contributed by atoms with Crippen LogP contribution in [0.4, 0.5) is 0 Å². The molecule has 4 saturated carbocycles. The summed E-state index contributed by atoms with van der Waals surface area (Å²) in [5.74, 6) is 3.16. The maximum atomic E-state index is 12.1. The van der Waals surface area contributed by atoms with Crippen LogP contribution < -0.4 is 0 Å². The van der Waals surface area contributed by atoms with E-state index in [9.17, 15) is 9.90 Å². The fourth-order valence-electron chi connectivity index (χ4n) is 7.45. The van der Waals surface area contributed by atoms with Gasteiger partial charge in [0.1, 0.15) is 5.78 Å². The van der Waals surface area contributed by atoms with Crippen molar-refractivity contribution in [1.82, 2.24) is 0 Å². The Bertz CT molecular complexity index is 568. The molecule has 0 saturated heterocycles. The molecule has 0 aromatic rings. The predicted molar refractivity (Wildman–Crippen MR) is 101 cm³/mol. The van der Waals surface area contributed by atoms with E-state index in [1.165, 1.54) is 32.1 Å². The van der Waals surface area contributed by atoms with E-state index in [0.29, 0.717) is 23.0 Å². The number of hydrogen-bond donors (Lipinski definition) is 2. The summed E-state index contributed by atoms with van der Waals surface area (Å²) >= 11 is 0. The van der Waals surface area contributed by atoms with Gasteiger partial charge in [0.25, 0.3) is 5.97 Å². The lowest BCUT2D eigenvalue weighted by Crippen LogP contribution is -2.56. The number of Topliss-reactive ketones (excluding diaryl/α,β-unsaturated/α-hetero) is 1. The molecule has 26 heavy (non-hydrogen) atoms. The molecule has 4 aliphatic carbocycles. The molecular formula is C22H36O4. The van der Waals surface area contributed by atoms with Gasteiger partial charge in [0.2, 0.25) is 0 Å². The average Bonchev–Trinajstić information content (AvgIpc) is 2.84. The minimum atomic E-state index is -0.833. The molecule has 148 valence electrons. The number of carbonyl (C=O) groups excluding carboxylic acids is 1. The molecule has 0 aromatic heterocycles. The molecule has 0 aromatic carbocycles. The summed E-state index contributed by atoms with van der Waals surface area (Å²) in [6.07, 6.45) is 8.84. The molecule has 4 heteroatoms. The predicted octanol–water partition coefficient (Wildman–Crippen LogP) is 4.30. The zero-order valence-corrected chi connectivity index (χ0v) is 16.8. The molecule has 2 N–H and O–H groups in total. The van der Waals surface area contributed by atoms with Crippen LogP contribution in [0.1, 0.15) is 79.1 Å². The van der Waals surface area contributed by atoms with E-state index in [-0.39, 0.29) is 11.5 Å². The number of aliphatic carboxylic acids is 1. The number of rotatable bonds is 0. The Morgan fingerprint density at radius 3 is 2.35 bits per heavy atom. The number of carboxylic acid groups (broad SMARTS) is 1. The first-order valence-corrected chi connectivity index (χ1v) is 10.5. The van der Waals surface area contributed by atoms with Crippen molar-refractivity contribution in [3.8, 4) is 0 Å². The van der Waals surface area contributed by atoms with E-state index in [1.54, 1.807) is 0 Å². The average molecular weight is 365 g/mol. The van der Waals surface area contributed by atoms with Gasteiger partial charge in [0.05, 0.1) is 6.10 Å². The van der Waals surface area contributed by atoms with Gasteiger partial charge >= 0.3 is 0 Å². The second kappa shape index (κ2) is 6.92. The van der Waals surface area contributed by atoms with Crippen molar-refractivity contribution < 1.29 is 19.8 Å². The lowest BCUT2D eigenvalue weighted by atomic mass is 9.43. The SMILES string of the molecule is CC(=O)O.C[C@H]1CC(=O)C[C@@H]2CC[C@H]3[C@@H]4CC[C@H](O)[C@@]4(C)CC[C@@H]3[C@]21C. The Balaban J connectivity index is 0.000000447. The summed E-state index contributed by atoms with van der Waals surface area (Å²) in [6, 6.07) is 0. The smallest absolute Gasteiger partial charge is 0.300 e. The van der Waals surface area contributed by atoms with Crippen molar-refractivity contribution in [1.29, 1.82) is 0 Å². The molecule has 0 heterocycles. The third-order valence-corrected chi connectivity index (χ3v) is 8.98. The van der Waals surface area contributed by atoms with Crippen LogP contribution in [-0.2, 0) is 9.59 Å². The van der Waals surface area contributed by atoms with Gasteiger partial charge < -0.3 is 10.2 Å². The number of carbonyl (C=O) groups is 2. The summed E-state index contributed by atoms with van der Waals surface area (Å²) in [6.45, 7) is 8.29. The maximum absolute atomic E-state index is 12.1. The molecule has 4 aliphatic rings. The third-order valence-electron chi connectivity index (χ3n) is 8.98. The van der Waals surface area contributed by atoms with Gasteiger partial charge in [-0.15, -0.1) is 0 Å². The van der Waals surface area contributed by atoms with Gasteiger partial charge in [-0.2, -0.15) is 0 Å². The van der Waals surface area contributed by atoms with Crippen LogP contribution in [0.3, 0.4) is 0 Å². The quantitative estimate of drug-likeness (QED) is 0.672. The van der Waals surface area contributed by atoms with Gasteiger partial charge in [-0.25, -0.2) is 0 Å². The number of hydrogen-bond acceptors (Lipinski definition) is 3. The second-order valence-electron chi connectivity index (χ2n) is 10.0. The topological polar surface area (TPSA) is 74.6 Å². The number of aliphatic hydroxyl groups is 1. The van der Waals surface area contributed by atoms with Gasteiger partial charge in [-0.1, -0.05) is 20.8 Å². The number of aliphatic hydroxyl groups excluding tert-OH is 1. The van der Waals surface area contributed by atoms with Gasteiger partial charge in [-0.05, 0) is 78.9 Å². The molecule has 4 nitrogen and oxygen atoms in total. The van der Waals surface area contributed by atoms with Crippen LogP contribution in [0.25, 0.3) is 0 Å². The molecule has 0 aliphatic heterocycles. The zero-order valence-electron chi connectivity index (χ0n) is 16.8. The Kier molecular flexibility index (Phi) is 5.29. The number of fused-ring (bicyclic) bond motifs is 5. The summed E-state index contributed by atoms with van der Waals surface area (Å²) in [7, 11) is 0. The van der Waals surface area contributed by atoms with E-state index in [4.69, 9.17) is 9.90 Å². The lowest BCUT2D eigenvalue weighted by molar-refractivity contribution is -0.154. The molecule has 4 rings (SSSR count). The van der Waals surface area contributed by atoms with Crippen molar-refractivity contribution in [2.45, 2.75) is 85.2 Å². The summed E-state index contributed by atoms with van der Waals surface area (Å²) < 4.78 is 0. The highest BCUT2D eigenvalue weighted by atomic mass is 16.4. The highest BCUT2D eigenvalue weighted by Gasteiger charge is 2.61. The fraction of sp³-hybridized carbons (Fsp3) is 0.909. The van der Waals surface area contributed by atoms with Crippen LogP contribution in [-0.4, -0.2) is 28.1 Å². The van der Waals surface area contributed by atoms with Gasteiger partial charge in [-0.3, -0.25) is 9.59 Å². The third kappa shape index (κ3) is 3.02. The van der Waals surface area contributed by atoms with Crippen LogP contribution in [0.5, 0.6) is 0 Å². The Morgan fingerprint density at radius 1 is 1.04 bits per heavy atom. The minimum Gasteiger partial charge on any atom is -0.481 e. The number of carboxylic acids is 1. The monoisotopic (exact) mass is 364 g/mol. The number of ketones is 1. The highest BCUT2D eigenvalue weighted by Crippen LogP contribution is 2.66. The van der Waals surface area contributed by atoms with E-state index in [2.05, 4.69) is 20.8 Å². The van der Waals surface area contributed by atoms with Gasteiger partial charge in [0, 0.05) is 19.8 Å². The van der Waals surface area contributed by atoms with Crippen LogP contribution in [0.15, 0.2) is 0 Å². The molecule has 0 unspecified atom stereocenters. The minimum absolute atomic E-state index is 0.0747. The Hall–Kier alpha value is -0.900. The van der Waals surface area contributed by atoms with E-state index in [0.717, 1.165) is 43.9 Å². The fourth-order valence-corrected chi connectivity index (χ4v) is 7.45. The lowest BCUT2D eigenvalue weighted by Gasteiger charge is -2.62. The van der Waals surface area contributed by atoms with E-state index in [1.807, 2.05) is 0 Å². The maximum Gasteiger partial charge on any atom is 0.300 e. The summed E-state index contributed by atoms with van der Waals surface area (Å²) in [5.41, 5.74) is 0.545. The van der Waals surface area contributed by atoms with Crippen LogP contribution >= 0.6 is 0 Å². The highest BCUT2D eigenvalue weighted by molar-refractivity contribution is 5.80.